The van der Waals surface area contributed by atoms with E-state index in [1.54, 1.807) is 38.1 Å². The molecule has 3 heterocycles. The number of nitrogens with one attached hydrogen (secondary N) is 1. The second-order valence-corrected chi connectivity index (χ2v) is 8.72. The molecule has 0 fully saturated rings. The molecule has 0 saturated heterocycles. The van der Waals surface area contributed by atoms with Crippen LogP contribution < -0.4 is 24.9 Å². The number of para-hydroxylation sites is 2. The molecular weight excluding hydrogens is 454 g/mol. The van der Waals surface area contributed by atoms with Gasteiger partial charge in [0.1, 0.15) is 16.3 Å². The predicted molar refractivity (Wildman–Crippen MR) is 127 cm³/mol. The zero-order chi connectivity index (χ0) is 24.0. The van der Waals surface area contributed by atoms with Gasteiger partial charge in [-0.15, -0.1) is 0 Å². The summed E-state index contributed by atoms with van der Waals surface area (Å²) in [6.07, 6.45) is 0. The lowest BCUT2D eigenvalue weighted by Crippen LogP contribution is -2.40. The summed E-state index contributed by atoms with van der Waals surface area (Å²) in [7, 11) is 1.53. The number of methoxy groups -OCH3 is 1. The Labute approximate surface area is 198 Å². The van der Waals surface area contributed by atoms with Crippen LogP contribution in [0.25, 0.3) is 5.57 Å². The number of rotatable bonds is 4. The Kier molecular flexibility index (Phi) is 5.41. The van der Waals surface area contributed by atoms with Crippen molar-refractivity contribution in [2.45, 2.75) is 19.9 Å². The molecule has 2 aliphatic rings. The highest BCUT2D eigenvalue weighted by Crippen LogP contribution is 2.36. The molecule has 9 heteroatoms. The van der Waals surface area contributed by atoms with E-state index in [1.165, 1.54) is 11.7 Å². The van der Waals surface area contributed by atoms with Gasteiger partial charge in [0.25, 0.3) is 11.5 Å². The van der Waals surface area contributed by atoms with Crippen molar-refractivity contribution in [1.82, 2.24) is 4.57 Å². The van der Waals surface area contributed by atoms with E-state index in [4.69, 9.17) is 9.47 Å². The molecule has 0 radical (unpaired) electrons. The van der Waals surface area contributed by atoms with E-state index in [2.05, 4.69) is 10.3 Å². The Bertz CT molecular complexity index is 1560. The number of anilines is 1. The third kappa shape index (κ3) is 3.28. The molecule has 3 aromatic rings. The number of aromatic nitrogens is 1. The van der Waals surface area contributed by atoms with Crippen LogP contribution >= 0.6 is 11.3 Å². The van der Waals surface area contributed by atoms with Crippen molar-refractivity contribution < 1.29 is 19.1 Å². The monoisotopic (exact) mass is 475 g/mol. The fourth-order valence-electron chi connectivity index (χ4n) is 4.37. The second-order valence-electron chi connectivity index (χ2n) is 7.74. The van der Waals surface area contributed by atoms with Gasteiger partial charge in [-0.05, 0) is 26.0 Å². The molecule has 0 saturated carbocycles. The van der Waals surface area contributed by atoms with Gasteiger partial charge < -0.3 is 14.8 Å². The normalized spacial score (nSPS) is 18.1. The summed E-state index contributed by atoms with van der Waals surface area (Å²) in [6, 6.07) is 13.6. The number of esters is 1. The van der Waals surface area contributed by atoms with Gasteiger partial charge >= 0.3 is 5.97 Å². The van der Waals surface area contributed by atoms with Crippen LogP contribution in [-0.4, -0.2) is 30.2 Å². The summed E-state index contributed by atoms with van der Waals surface area (Å²) in [5.41, 5.74) is 2.53. The number of hydrogen-bond acceptors (Lipinski definition) is 7. The van der Waals surface area contributed by atoms with Crippen LogP contribution in [0.4, 0.5) is 5.69 Å². The molecule has 8 nitrogen and oxygen atoms in total. The van der Waals surface area contributed by atoms with Gasteiger partial charge in [-0.25, -0.2) is 9.79 Å². The first-order chi connectivity index (χ1) is 16.5. The molecule has 0 spiro atoms. The van der Waals surface area contributed by atoms with Crippen LogP contribution in [0.5, 0.6) is 5.75 Å². The van der Waals surface area contributed by atoms with Crippen molar-refractivity contribution in [3.05, 3.63) is 90.6 Å². The summed E-state index contributed by atoms with van der Waals surface area (Å²) in [5, 5.41) is 2.81. The third-order valence-electron chi connectivity index (χ3n) is 5.82. The number of amides is 1. The average molecular weight is 476 g/mol. The zero-order valence-electron chi connectivity index (χ0n) is 18.7. The molecule has 1 amide bonds. The molecule has 1 N–H and O–H groups in total. The van der Waals surface area contributed by atoms with Crippen LogP contribution in [-0.2, 0) is 14.3 Å². The second kappa shape index (κ2) is 8.42. The van der Waals surface area contributed by atoms with Gasteiger partial charge in [0, 0.05) is 16.8 Å². The van der Waals surface area contributed by atoms with E-state index in [1.807, 2.05) is 24.3 Å². The van der Waals surface area contributed by atoms with E-state index in [0.29, 0.717) is 38.6 Å². The minimum absolute atomic E-state index is 0.180. The number of hydrogen-bond donors (Lipinski definition) is 1. The topological polar surface area (TPSA) is 99.0 Å². The quantitative estimate of drug-likeness (QED) is 0.583. The number of thiazole rings is 1. The van der Waals surface area contributed by atoms with Gasteiger partial charge in [0.05, 0.1) is 30.6 Å². The van der Waals surface area contributed by atoms with E-state index in [0.717, 1.165) is 11.3 Å². The molecule has 2 aliphatic heterocycles. The molecular formula is C25H21N3O5S. The largest absolute Gasteiger partial charge is 0.496 e. The SMILES string of the molecule is CCOC(=O)C1=C(C)N=c2sc(=C3C(=O)Nc4ccccc43)c(=O)n2C1c1ccccc1OC. The Hall–Kier alpha value is -3.98. The maximum Gasteiger partial charge on any atom is 0.338 e. The van der Waals surface area contributed by atoms with Crippen LogP contribution in [0.3, 0.4) is 0 Å². The van der Waals surface area contributed by atoms with Crippen molar-refractivity contribution in [1.29, 1.82) is 0 Å². The molecule has 1 aromatic heterocycles. The summed E-state index contributed by atoms with van der Waals surface area (Å²) >= 11 is 1.13. The van der Waals surface area contributed by atoms with Gasteiger partial charge in [-0.2, -0.15) is 0 Å². The first-order valence-corrected chi connectivity index (χ1v) is 11.5. The lowest BCUT2D eigenvalue weighted by Gasteiger charge is -2.25. The molecule has 5 rings (SSSR count). The molecule has 1 unspecified atom stereocenters. The first-order valence-electron chi connectivity index (χ1n) is 10.7. The van der Waals surface area contributed by atoms with Crippen molar-refractivity contribution >= 4 is 34.5 Å². The van der Waals surface area contributed by atoms with E-state index in [-0.39, 0.29) is 22.6 Å². The van der Waals surface area contributed by atoms with Crippen molar-refractivity contribution in [3.8, 4) is 5.75 Å². The van der Waals surface area contributed by atoms with Crippen LogP contribution in [0.1, 0.15) is 31.0 Å². The number of fused-ring (bicyclic) bond motifs is 2. The van der Waals surface area contributed by atoms with E-state index < -0.39 is 17.6 Å². The minimum Gasteiger partial charge on any atom is -0.496 e. The fraction of sp³-hybridized carbons (Fsp3) is 0.200. The Balaban J connectivity index is 1.85. The van der Waals surface area contributed by atoms with E-state index in [9.17, 15) is 14.4 Å². The van der Waals surface area contributed by atoms with Gasteiger partial charge in [-0.1, -0.05) is 47.7 Å². The summed E-state index contributed by atoms with van der Waals surface area (Å²) in [6.45, 7) is 3.62. The minimum atomic E-state index is -0.819. The lowest BCUT2D eigenvalue weighted by molar-refractivity contribution is -0.139. The zero-order valence-corrected chi connectivity index (χ0v) is 19.6. The molecule has 1 atom stereocenters. The van der Waals surface area contributed by atoms with Crippen LogP contribution in [0.2, 0.25) is 0 Å². The maximum absolute atomic E-state index is 13.9. The standard InChI is InChI=1S/C25H21N3O5S/c1-4-33-24(31)18-13(2)26-25-28(20(18)15-10-6-8-12-17(15)32-3)23(30)21(34-25)19-14-9-5-7-11-16(14)27-22(19)29/h5-12,20H,4H2,1-3H3,(H,27,29). The number of allylic oxidation sites excluding steroid dienone is 1. The smallest absolute Gasteiger partial charge is 0.338 e. The number of benzene rings is 2. The highest BCUT2D eigenvalue weighted by Gasteiger charge is 2.36. The number of carbonyl (C=O) groups is 2. The highest BCUT2D eigenvalue weighted by atomic mass is 32.1. The summed E-state index contributed by atoms with van der Waals surface area (Å²) in [4.78, 5) is 44.7. The van der Waals surface area contributed by atoms with Gasteiger partial charge in [-0.3, -0.25) is 14.2 Å². The number of ether oxygens (including phenoxy) is 2. The van der Waals surface area contributed by atoms with Gasteiger partial charge in [0.2, 0.25) is 0 Å². The third-order valence-corrected chi connectivity index (χ3v) is 6.88. The maximum atomic E-state index is 13.9. The van der Waals surface area contributed by atoms with Crippen LogP contribution in [0, 0.1) is 0 Å². The Morgan fingerprint density at radius 2 is 1.88 bits per heavy atom. The number of nitrogens with zero attached hydrogens (tertiary/aromatic N) is 2. The highest BCUT2D eigenvalue weighted by molar-refractivity contribution is 7.07. The summed E-state index contributed by atoms with van der Waals surface area (Å²) in [5.74, 6) is -0.380. The predicted octanol–water partition coefficient (Wildman–Crippen LogP) is 2.13. The molecule has 34 heavy (non-hydrogen) atoms. The Morgan fingerprint density at radius 3 is 2.65 bits per heavy atom. The van der Waals surface area contributed by atoms with Crippen molar-refractivity contribution in [2.24, 2.45) is 4.99 Å². The Morgan fingerprint density at radius 1 is 1.15 bits per heavy atom. The fourth-order valence-corrected chi connectivity index (χ4v) is 5.51. The molecule has 172 valence electrons. The van der Waals surface area contributed by atoms with Gasteiger partial charge in [0.15, 0.2) is 4.80 Å². The molecule has 0 aliphatic carbocycles. The summed E-state index contributed by atoms with van der Waals surface area (Å²) < 4.78 is 12.6. The molecule has 2 aromatic carbocycles. The number of carbonyl (C=O) groups excluding carboxylic acids is 2. The molecule has 0 bridgehead atoms. The van der Waals surface area contributed by atoms with Crippen LogP contribution in [0.15, 0.2) is 69.6 Å². The average Bonchev–Trinajstić information content (AvgIpc) is 3.33. The van der Waals surface area contributed by atoms with E-state index >= 15 is 0 Å². The first kappa shape index (κ1) is 21.8. The van der Waals surface area contributed by atoms with Crippen molar-refractivity contribution in [2.75, 3.05) is 19.0 Å². The van der Waals surface area contributed by atoms with Crippen molar-refractivity contribution in [3.63, 3.8) is 0 Å². The lowest BCUT2D eigenvalue weighted by atomic mass is 9.95.